The number of halogens is 1. The van der Waals surface area contributed by atoms with E-state index in [2.05, 4.69) is 15.5 Å². The summed E-state index contributed by atoms with van der Waals surface area (Å²) in [6.45, 7) is 0. The number of hydrogen-bond acceptors (Lipinski definition) is 4. The highest BCUT2D eigenvalue weighted by molar-refractivity contribution is 5.90. The van der Waals surface area contributed by atoms with Crippen LogP contribution in [0.3, 0.4) is 0 Å². The molecular formula is C14H9FN4O2. The van der Waals surface area contributed by atoms with Gasteiger partial charge in [0.15, 0.2) is 0 Å². The third-order valence-corrected chi connectivity index (χ3v) is 2.96. The van der Waals surface area contributed by atoms with Crippen molar-refractivity contribution >= 4 is 5.97 Å². The van der Waals surface area contributed by atoms with Gasteiger partial charge in [0.1, 0.15) is 12.1 Å². The minimum atomic E-state index is -1.06. The Kier molecular flexibility index (Phi) is 3.15. The number of carboxylic acid groups (broad SMARTS) is 1. The number of carbonyl (C=O) groups is 1. The monoisotopic (exact) mass is 284 g/mol. The standard InChI is InChI=1S/C14H9FN4O2/c15-12-3-1-9(2-4-12)10-5-11(14(20)21)7-13(6-10)19-8-16-17-18-19/h1-8H,(H,20,21). The normalized spacial score (nSPS) is 10.5. The highest BCUT2D eigenvalue weighted by Crippen LogP contribution is 2.24. The summed E-state index contributed by atoms with van der Waals surface area (Å²) in [6.07, 6.45) is 1.37. The number of aromatic carboxylic acids is 1. The summed E-state index contributed by atoms with van der Waals surface area (Å²) in [7, 11) is 0. The molecule has 6 nitrogen and oxygen atoms in total. The highest BCUT2D eigenvalue weighted by atomic mass is 19.1. The number of hydrogen-bond donors (Lipinski definition) is 1. The van der Waals surface area contributed by atoms with Crippen molar-refractivity contribution in [3.05, 3.63) is 60.2 Å². The van der Waals surface area contributed by atoms with Gasteiger partial charge in [-0.05, 0) is 51.9 Å². The van der Waals surface area contributed by atoms with Crippen LogP contribution in [0.15, 0.2) is 48.8 Å². The molecule has 3 aromatic rings. The Labute approximate surface area is 118 Å². The van der Waals surface area contributed by atoms with Gasteiger partial charge < -0.3 is 5.11 Å². The molecule has 7 heteroatoms. The lowest BCUT2D eigenvalue weighted by atomic mass is 10.0. The van der Waals surface area contributed by atoms with E-state index in [-0.39, 0.29) is 11.4 Å². The van der Waals surface area contributed by atoms with Gasteiger partial charge in [-0.25, -0.2) is 13.9 Å². The van der Waals surface area contributed by atoms with Crippen molar-refractivity contribution in [1.29, 1.82) is 0 Å². The van der Waals surface area contributed by atoms with Crippen LogP contribution in [0, 0.1) is 5.82 Å². The van der Waals surface area contributed by atoms with Crippen molar-refractivity contribution in [2.75, 3.05) is 0 Å². The molecule has 3 rings (SSSR count). The van der Waals surface area contributed by atoms with Crippen molar-refractivity contribution in [1.82, 2.24) is 20.2 Å². The molecule has 0 amide bonds. The van der Waals surface area contributed by atoms with Crippen LogP contribution in [0.1, 0.15) is 10.4 Å². The second-order valence-corrected chi connectivity index (χ2v) is 4.34. The van der Waals surface area contributed by atoms with Gasteiger partial charge in [-0.1, -0.05) is 12.1 Å². The molecule has 0 spiro atoms. The van der Waals surface area contributed by atoms with Crippen LogP contribution in [0.25, 0.3) is 16.8 Å². The van der Waals surface area contributed by atoms with Gasteiger partial charge in [0.25, 0.3) is 0 Å². The Morgan fingerprint density at radius 3 is 2.48 bits per heavy atom. The van der Waals surface area contributed by atoms with Crippen LogP contribution in [0.2, 0.25) is 0 Å². The molecular weight excluding hydrogens is 275 g/mol. The van der Waals surface area contributed by atoms with E-state index in [4.69, 9.17) is 0 Å². The highest BCUT2D eigenvalue weighted by Gasteiger charge is 2.10. The van der Waals surface area contributed by atoms with E-state index in [1.807, 2.05) is 0 Å². The van der Waals surface area contributed by atoms with Crippen molar-refractivity contribution < 1.29 is 14.3 Å². The fraction of sp³-hybridized carbons (Fsp3) is 0. The van der Waals surface area contributed by atoms with Crippen molar-refractivity contribution in [2.45, 2.75) is 0 Å². The van der Waals surface area contributed by atoms with Gasteiger partial charge in [-0.3, -0.25) is 0 Å². The predicted molar refractivity (Wildman–Crippen MR) is 71.5 cm³/mol. The van der Waals surface area contributed by atoms with Gasteiger partial charge in [0.05, 0.1) is 11.3 Å². The number of benzene rings is 2. The van der Waals surface area contributed by atoms with Crippen molar-refractivity contribution in [3.63, 3.8) is 0 Å². The van der Waals surface area contributed by atoms with Crippen molar-refractivity contribution in [2.24, 2.45) is 0 Å². The second kappa shape index (κ2) is 5.12. The molecule has 1 aromatic heterocycles. The van der Waals surface area contributed by atoms with E-state index < -0.39 is 5.97 Å². The minimum Gasteiger partial charge on any atom is -0.478 e. The maximum absolute atomic E-state index is 13.0. The Morgan fingerprint density at radius 2 is 1.86 bits per heavy atom. The second-order valence-electron chi connectivity index (χ2n) is 4.34. The molecule has 21 heavy (non-hydrogen) atoms. The maximum atomic E-state index is 13.0. The summed E-state index contributed by atoms with van der Waals surface area (Å²) in [5.41, 5.74) is 1.95. The van der Waals surface area contributed by atoms with Gasteiger partial charge in [0.2, 0.25) is 0 Å². The first-order valence-electron chi connectivity index (χ1n) is 6.01. The minimum absolute atomic E-state index is 0.0994. The molecule has 0 unspecified atom stereocenters. The first kappa shape index (κ1) is 12.9. The topological polar surface area (TPSA) is 80.9 Å². The number of aromatic nitrogens is 4. The van der Waals surface area contributed by atoms with Crippen molar-refractivity contribution in [3.8, 4) is 16.8 Å². The molecule has 0 saturated heterocycles. The van der Waals surface area contributed by atoms with E-state index in [1.54, 1.807) is 18.2 Å². The number of tetrazole rings is 1. The Balaban J connectivity index is 2.16. The lowest BCUT2D eigenvalue weighted by molar-refractivity contribution is 0.0697. The molecule has 0 fully saturated rings. The first-order chi connectivity index (χ1) is 10.1. The van der Waals surface area contributed by atoms with Crippen LogP contribution in [0.5, 0.6) is 0 Å². The predicted octanol–water partition coefficient (Wildman–Crippen LogP) is 2.17. The molecule has 1 heterocycles. The van der Waals surface area contributed by atoms with Gasteiger partial charge in [-0.2, -0.15) is 0 Å². The van der Waals surface area contributed by atoms with Gasteiger partial charge in [-0.15, -0.1) is 5.10 Å². The fourth-order valence-electron chi connectivity index (χ4n) is 1.96. The maximum Gasteiger partial charge on any atom is 0.335 e. The summed E-state index contributed by atoms with van der Waals surface area (Å²) in [5.74, 6) is -1.41. The molecule has 0 radical (unpaired) electrons. The van der Waals surface area contributed by atoms with E-state index >= 15 is 0 Å². The summed E-state index contributed by atoms with van der Waals surface area (Å²) in [6, 6.07) is 10.5. The molecule has 0 aliphatic carbocycles. The fourth-order valence-corrected chi connectivity index (χ4v) is 1.96. The summed E-state index contributed by atoms with van der Waals surface area (Å²) in [5, 5.41) is 20.0. The average Bonchev–Trinajstić information content (AvgIpc) is 3.02. The van der Waals surface area contributed by atoms with Gasteiger partial charge in [0, 0.05) is 0 Å². The molecule has 0 bridgehead atoms. The van der Waals surface area contributed by atoms with E-state index in [0.717, 1.165) is 0 Å². The van der Waals surface area contributed by atoms with Crippen LogP contribution < -0.4 is 0 Å². The van der Waals surface area contributed by atoms with Crippen LogP contribution in [-0.4, -0.2) is 31.3 Å². The summed E-state index contributed by atoms with van der Waals surface area (Å²) >= 11 is 0. The number of nitrogens with zero attached hydrogens (tertiary/aromatic N) is 4. The smallest absolute Gasteiger partial charge is 0.335 e. The molecule has 0 aliphatic heterocycles. The zero-order valence-corrected chi connectivity index (χ0v) is 10.6. The average molecular weight is 284 g/mol. The lowest BCUT2D eigenvalue weighted by Crippen LogP contribution is -2.02. The number of carboxylic acids is 1. The first-order valence-corrected chi connectivity index (χ1v) is 6.01. The summed E-state index contributed by atoms with van der Waals surface area (Å²) in [4.78, 5) is 11.2. The van der Waals surface area contributed by atoms with E-state index in [0.29, 0.717) is 16.8 Å². The largest absolute Gasteiger partial charge is 0.478 e. The van der Waals surface area contributed by atoms with E-state index in [9.17, 15) is 14.3 Å². The zero-order chi connectivity index (χ0) is 14.8. The molecule has 104 valence electrons. The Bertz CT molecular complexity index is 785. The zero-order valence-electron chi connectivity index (χ0n) is 10.6. The van der Waals surface area contributed by atoms with Crippen LogP contribution >= 0.6 is 0 Å². The third-order valence-electron chi connectivity index (χ3n) is 2.96. The van der Waals surface area contributed by atoms with Crippen LogP contribution in [-0.2, 0) is 0 Å². The molecule has 2 aromatic carbocycles. The third kappa shape index (κ3) is 2.62. The summed E-state index contributed by atoms with van der Waals surface area (Å²) < 4.78 is 14.3. The lowest BCUT2D eigenvalue weighted by Gasteiger charge is -2.07. The molecule has 0 aliphatic rings. The van der Waals surface area contributed by atoms with Crippen LogP contribution in [0.4, 0.5) is 4.39 Å². The number of rotatable bonds is 3. The van der Waals surface area contributed by atoms with E-state index in [1.165, 1.54) is 35.3 Å². The Hall–Kier alpha value is -3.09. The van der Waals surface area contributed by atoms with Gasteiger partial charge >= 0.3 is 5.97 Å². The molecule has 0 saturated carbocycles. The Morgan fingerprint density at radius 1 is 1.10 bits per heavy atom. The SMILES string of the molecule is O=C(O)c1cc(-c2ccc(F)cc2)cc(-n2cnnn2)c1. The quantitative estimate of drug-likeness (QED) is 0.797. The molecule has 0 atom stereocenters. The molecule has 1 N–H and O–H groups in total.